The lowest BCUT2D eigenvalue weighted by Crippen LogP contribution is -2.43. The predicted molar refractivity (Wildman–Crippen MR) is 146 cm³/mol. The molecule has 1 aliphatic carbocycles. The van der Waals surface area contributed by atoms with Crippen LogP contribution in [0.2, 0.25) is 0 Å². The maximum absolute atomic E-state index is 14.9. The molecule has 4 rings (SSSR count). The highest BCUT2D eigenvalue weighted by atomic mass is 35.5. The molecule has 2 fully saturated rings. The number of nitrogens with one attached hydrogen (secondary N) is 1. The molecule has 206 valence electrons. The smallest absolute Gasteiger partial charge is 0.305 e. The average molecular weight is 565 g/mol. The van der Waals surface area contributed by atoms with Crippen molar-refractivity contribution in [1.82, 2.24) is 20.3 Å². The Labute approximate surface area is 232 Å². The molecule has 2 unspecified atom stereocenters. The molecule has 0 amide bonds. The number of H-pyrrole nitrogens is 1. The topological polar surface area (TPSA) is 105 Å². The molecular weight excluding hydrogens is 531 g/mol. The molecular formula is C27H34ClFN4O4S. The predicted octanol–water partition coefficient (Wildman–Crippen LogP) is 4.71. The molecule has 1 N–H and O–H groups in total. The number of piperidine rings is 1. The number of hydrogen-bond acceptors (Lipinski definition) is 8. The number of ether oxygens (including phenoxy) is 1. The van der Waals surface area contributed by atoms with Crippen molar-refractivity contribution in [3.05, 3.63) is 52.6 Å². The normalized spacial score (nSPS) is 19.6. The molecule has 8 nitrogen and oxygen atoms in total. The molecule has 1 saturated carbocycles. The Morgan fingerprint density at radius 3 is 2.68 bits per heavy atom. The Balaban J connectivity index is 0.00000400. The quantitative estimate of drug-likeness (QED) is 0.391. The molecule has 2 aromatic rings. The van der Waals surface area contributed by atoms with Crippen LogP contribution in [0, 0.1) is 11.7 Å². The number of carbonyl (C=O) groups excluding carboxylic acids is 3. The fourth-order valence-electron chi connectivity index (χ4n) is 4.77. The first-order valence-electron chi connectivity index (χ1n) is 12.8. The van der Waals surface area contributed by atoms with Crippen molar-refractivity contribution in [1.29, 1.82) is 0 Å². The fourth-order valence-corrected chi connectivity index (χ4v) is 5.68. The van der Waals surface area contributed by atoms with E-state index in [1.807, 2.05) is 11.0 Å². The van der Waals surface area contributed by atoms with Gasteiger partial charge in [-0.15, -0.1) is 12.4 Å². The lowest BCUT2D eigenvalue weighted by atomic mass is 9.93. The Bertz CT molecular complexity index is 1170. The van der Waals surface area contributed by atoms with E-state index in [9.17, 15) is 18.8 Å². The number of aromatic amines is 1. The number of ketones is 1. The number of Topliss-reactive ketones (excluding diaryl/α,β-unsaturated/α-hetero) is 1. The second-order valence-corrected chi connectivity index (χ2v) is 10.9. The molecule has 38 heavy (non-hydrogen) atoms. The molecule has 1 aromatic heterocycles. The number of esters is 1. The summed E-state index contributed by atoms with van der Waals surface area (Å²) in [5.41, 5.74) is 2.71. The first-order valence-corrected chi connectivity index (χ1v) is 13.7. The van der Waals surface area contributed by atoms with Gasteiger partial charge in [-0.3, -0.25) is 19.3 Å². The Morgan fingerprint density at radius 2 is 2.00 bits per heavy atom. The van der Waals surface area contributed by atoms with Gasteiger partial charge in [0.2, 0.25) is 0 Å². The number of nitrogens with zero attached hydrogens (tertiary/aromatic N) is 3. The van der Waals surface area contributed by atoms with Gasteiger partial charge >= 0.3 is 5.97 Å². The highest BCUT2D eigenvalue weighted by Crippen LogP contribution is 2.40. The lowest BCUT2D eigenvalue weighted by molar-refractivity contribution is -0.143. The highest BCUT2D eigenvalue weighted by Gasteiger charge is 2.41. The van der Waals surface area contributed by atoms with Crippen molar-refractivity contribution in [3.8, 4) is 0 Å². The summed E-state index contributed by atoms with van der Waals surface area (Å²) in [7, 11) is 0. The van der Waals surface area contributed by atoms with Crippen LogP contribution in [0.15, 0.2) is 29.8 Å². The largest absolute Gasteiger partial charge is 0.466 e. The van der Waals surface area contributed by atoms with Crippen molar-refractivity contribution >= 4 is 47.1 Å². The van der Waals surface area contributed by atoms with Gasteiger partial charge in [0.1, 0.15) is 11.5 Å². The summed E-state index contributed by atoms with van der Waals surface area (Å²) in [6.07, 6.45) is 5.67. The van der Waals surface area contributed by atoms with Gasteiger partial charge in [0.15, 0.2) is 10.9 Å². The summed E-state index contributed by atoms with van der Waals surface area (Å²) in [6.45, 7) is 4.66. The van der Waals surface area contributed by atoms with E-state index in [2.05, 4.69) is 15.4 Å². The molecule has 0 radical (unpaired) electrons. The van der Waals surface area contributed by atoms with Crippen molar-refractivity contribution < 1.29 is 23.5 Å². The molecule has 1 saturated heterocycles. The monoisotopic (exact) mass is 564 g/mol. The van der Waals surface area contributed by atoms with Crippen molar-refractivity contribution in [2.24, 2.45) is 5.92 Å². The minimum Gasteiger partial charge on any atom is -0.466 e. The third-order valence-corrected chi connectivity index (χ3v) is 7.83. The zero-order chi connectivity index (χ0) is 26.4. The number of aryl methyl sites for hydroxylation is 1. The van der Waals surface area contributed by atoms with Crippen molar-refractivity contribution in [2.75, 3.05) is 19.7 Å². The third kappa shape index (κ3) is 7.74. The molecule has 2 atom stereocenters. The molecule has 2 aliphatic rings. The Kier molecular flexibility index (Phi) is 11.1. The number of likely N-dealkylation sites (tertiary alicyclic amines) is 1. The maximum atomic E-state index is 14.9. The summed E-state index contributed by atoms with van der Waals surface area (Å²) in [6, 6.07) is 5.82. The molecule has 0 spiro atoms. The molecule has 0 bridgehead atoms. The number of thioether (sulfide) groups is 1. The maximum Gasteiger partial charge on any atom is 0.305 e. The highest BCUT2D eigenvalue weighted by molar-refractivity contribution is 8.14. The Hall–Kier alpha value is -2.56. The standard InChI is InChI=1S/C27H33FN4O4S.ClH/c1-3-36-25(34)10-6-9-22-23(30-31-29-22)15-19-16-32(14-13-24(19)37-17(2)33)26(27(35)18-11-12-18)20-7-4-5-8-21(20)28;/h4-5,7-8,15,18,24,26H,3,6,9-14,16H2,1-2H3,(H,29,30,31);1H/b19-15+;. The van der Waals surface area contributed by atoms with E-state index in [1.165, 1.54) is 17.8 Å². The minimum atomic E-state index is -0.665. The minimum absolute atomic E-state index is 0. The van der Waals surface area contributed by atoms with Crippen molar-refractivity contribution in [2.45, 2.75) is 63.7 Å². The second kappa shape index (κ2) is 14.0. The molecule has 1 aromatic carbocycles. The van der Waals surface area contributed by atoms with Crippen molar-refractivity contribution in [3.63, 3.8) is 0 Å². The van der Waals surface area contributed by atoms with E-state index in [0.29, 0.717) is 56.6 Å². The van der Waals surface area contributed by atoms with Crippen LogP contribution in [0.5, 0.6) is 0 Å². The van der Waals surface area contributed by atoms with E-state index in [4.69, 9.17) is 4.74 Å². The van der Waals surface area contributed by atoms with Gasteiger partial charge in [-0.2, -0.15) is 15.4 Å². The van der Waals surface area contributed by atoms with E-state index in [0.717, 1.165) is 24.1 Å². The first-order chi connectivity index (χ1) is 17.9. The zero-order valence-corrected chi connectivity index (χ0v) is 23.3. The average Bonchev–Trinajstić information content (AvgIpc) is 3.63. The van der Waals surface area contributed by atoms with Crippen LogP contribution in [-0.4, -0.2) is 62.1 Å². The van der Waals surface area contributed by atoms with Crippen LogP contribution in [-0.2, 0) is 25.5 Å². The van der Waals surface area contributed by atoms with Gasteiger partial charge in [0.25, 0.3) is 0 Å². The summed E-state index contributed by atoms with van der Waals surface area (Å²) < 4.78 is 19.9. The Morgan fingerprint density at radius 1 is 1.24 bits per heavy atom. The summed E-state index contributed by atoms with van der Waals surface area (Å²) in [5.74, 6) is -0.593. The van der Waals surface area contributed by atoms with Gasteiger partial charge < -0.3 is 4.74 Å². The van der Waals surface area contributed by atoms with Gasteiger partial charge in [0.05, 0.1) is 18.3 Å². The molecule has 2 heterocycles. The van der Waals surface area contributed by atoms with Gasteiger partial charge in [-0.25, -0.2) is 4.39 Å². The zero-order valence-electron chi connectivity index (χ0n) is 21.7. The van der Waals surface area contributed by atoms with Crippen LogP contribution in [0.4, 0.5) is 4.39 Å². The first kappa shape index (κ1) is 30.0. The van der Waals surface area contributed by atoms with E-state index in [-0.39, 0.29) is 46.3 Å². The van der Waals surface area contributed by atoms with Crippen LogP contribution >= 0.6 is 24.2 Å². The second-order valence-electron chi connectivity index (χ2n) is 9.49. The third-order valence-electron chi connectivity index (χ3n) is 6.67. The van der Waals surface area contributed by atoms with Crippen LogP contribution in [0.1, 0.15) is 68.9 Å². The van der Waals surface area contributed by atoms with Gasteiger partial charge in [-0.05, 0) is 56.7 Å². The fraction of sp³-hybridized carbons (Fsp3) is 0.519. The lowest BCUT2D eigenvalue weighted by Gasteiger charge is -2.38. The number of carbonyl (C=O) groups is 3. The van der Waals surface area contributed by atoms with Gasteiger partial charge in [0, 0.05) is 43.2 Å². The SMILES string of the molecule is CCOC(=O)CCCc1n[nH]nc1/C=C1\CN(C(C(=O)C2CC2)c2ccccc2F)CCC1SC(C)=O.Cl. The van der Waals surface area contributed by atoms with E-state index in [1.54, 1.807) is 32.0 Å². The number of halogens is 2. The number of hydrogen-bond donors (Lipinski definition) is 1. The summed E-state index contributed by atoms with van der Waals surface area (Å²) >= 11 is 1.27. The van der Waals surface area contributed by atoms with E-state index >= 15 is 0 Å². The number of aromatic nitrogens is 3. The van der Waals surface area contributed by atoms with Crippen LogP contribution in [0.25, 0.3) is 6.08 Å². The van der Waals surface area contributed by atoms with Gasteiger partial charge in [-0.1, -0.05) is 30.0 Å². The number of benzene rings is 1. The van der Waals surface area contributed by atoms with Crippen LogP contribution < -0.4 is 0 Å². The number of rotatable bonds is 11. The van der Waals surface area contributed by atoms with Crippen LogP contribution in [0.3, 0.4) is 0 Å². The summed E-state index contributed by atoms with van der Waals surface area (Å²) in [4.78, 5) is 39.1. The molecule has 11 heteroatoms. The molecule has 1 aliphatic heterocycles. The van der Waals surface area contributed by atoms with E-state index < -0.39 is 6.04 Å². The summed E-state index contributed by atoms with van der Waals surface area (Å²) in [5, 5.41) is 11.2.